The van der Waals surface area contributed by atoms with E-state index >= 15 is 0 Å². The molecule has 126 valence electrons. The molecule has 0 aliphatic rings. The number of unbranched alkanes of at least 4 members (excludes halogenated alkanes) is 1. The molecule has 0 aliphatic carbocycles. The molecule has 1 aromatic carbocycles. The highest BCUT2D eigenvalue weighted by atomic mass is 16.5. The number of nitrogens with two attached hydrogens (primary N) is 1. The van der Waals surface area contributed by atoms with E-state index in [1.807, 2.05) is 16.8 Å². The van der Waals surface area contributed by atoms with Crippen molar-refractivity contribution in [1.29, 1.82) is 0 Å². The maximum absolute atomic E-state index is 5.80. The van der Waals surface area contributed by atoms with Gasteiger partial charge < -0.3 is 10.5 Å². The van der Waals surface area contributed by atoms with Crippen molar-refractivity contribution in [2.45, 2.75) is 59.0 Å². The number of nitrogens with zero attached hydrogens (tertiary/aromatic N) is 3. The molecule has 0 saturated carbocycles. The molecule has 2 N–H and O–H groups in total. The minimum atomic E-state index is 0.458. The fraction of sp³-hybridized carbons (Fsp3) is 0.556. The highest BCUT2D eigenvalue weighted by Gasteiger charge is 2.10. The van der Waals surface area contributed by atoms with Gasteiger partial charge in [-0.25, -0.2) is 4.68 Å². The summed E-state index contributed by atoms with van der Waals surface area (Å²) in [5, 5.41) is 8.43. The van der Waals surface area contributed by atoms with E-state index in [0.717, 1.165) is 50.1 Å². The largest absolute Gasteiger partial charge is 0.494 e. The Bertz CT molecular complexity index is 577. The Balaban J connectivity index is 1.82. The van der Waals surface area contributed by atoms with Gasteiger partial charge in [-0.2, -0.15) is 0 Å². The molecule has 0 unspecified atom stereocenters. The van der Waals surface area contributed by atoms with Crippen molar-refractivity contribution in [3.05, 3.63) is 41.2 Å². The number of aromatic nitrogens is 3. The monoisotopic (exact) mass is 316 g/mol. The topological polar surface area (TPSA) is 66.0 Å². The molecule has 1 heterocycles. The Morgan fingerprint density at radius 3 is 2.57 bits per heavy atom. The first kappa shape index (κ1) is 17.5. The summed E-state index contributed by atoms with van der Waals surface area (Å²) in [6.07, 6.45) is 5.25. The standard InChI is InChI=1S/C18H28N4O/c1-3-5-7-18-17(14-19)20-21-22(18)12-6-13-23-16-10-8-15(4-2)9-11-16/h8-11H,3-7,12-14,19H2,1-2H3. The van der Waals surface area contributed by atoms with Gasteiger partial charge in [0.15, 0.2) is 0 Å². The first-order valence-corrected chi connectivity index (χ1v) is 8.61. The molecule has 0 amide bonds. The first-order chi connectivity index (χ1) is 11.3. The van der Waals surface area contributed by atoms with Crippen molar-refractivity contribution in [1.82, 2.24) is 15.0 Å². The van der Waals surface area contributed by atoms with Crippen molar-refractivity contribution < 1.29 is 4.74 Å². The van der Waals surface area contributed by atoms with E-state index in [9.17, 15) is 0 Å². The van der Waals surface area contributed by atoms with Gasteiger partial charge in [-0.1, -0.05) is 37.6 Å². The Morgan fingerprint density at radius 1 is 1.13 bits per heavy atom. The van der Waals surface area contributed by atoms with E-state index in [0.29, 0.717) is 13.2 Å². The molecule has 0 aliphatic heterocycles. The predicted octanol–water partition coefficient (Wildman–Crippen LogP) is 3.11. The van der Waals surface area contributed by atoms with Crippen LogP contribution in [0.15, 0.2) is 24.3 Å². The summed E-state index contributed by atoms with van der Waals surface area (Å²) in [6.45, 7) is 6.29. The normalized spacial score (nSPS) is 10.9. The van der Waals surface area contributed by atoms with Gasteiger partial charge in [0.2, 0.25) is 0 Å². The lowest BCUT2D eigenvalue weighted by Crippen LogP contribution is -2.10. The molecule has 2 rings (SSSR count). The quantitative estimate of drug-likeness (QED) is 0.684. The third-order valence-electron chi connectivity index (χ3n) is 3.99. The smallest absolute Gasteiger partial charge is 0.119 e. The van der Waals surface area contributed by atoms with Crippen LogP contribution in [0.2, 0.25) is 0 Å². The number of hydrogen-bond donors (Lipinski definition) is 1. The van der Waals surface area contributed by atoms with Gasteiger partial charge in [0.05, 0.1) is 18.0 Å². The summed E-state index contributed by atoms with van der Waals surface area (Å²) >= 11 is 0. The summed E-state index contributed by atoms with van der Waals surface area (Å²) in [6, 6.07) is 8.30. The van der Waals surface area contributed by atoms with Gasteiger partial charge in [0.1, 0.15) is 5.75 Å². The second kappa shape index (κ2) is 9.30. The minimum absolute atomic E-state index is 0.458. The third-order valence-corrected chi connectivity index (χ3v) is 3.99. The Kier molecular flexibility index (Phi) is 7.07. The number of rotatable bonds is 10. The maximum atomic E-state index is 5.80. The number of ether oxygens (including phenoxy) is 1. The van der Waals surface area contributed by atoms with Crippen molar-refractivity contribution in [2.75, 3.05) is 6.61 Å². The van der Waals surface area contributed by atoms with Crippen LogP contribution in [0.3, 0.4) is 0 Å². The first-order valence-electron chi connectivity index (χ1n) is 8.61. The molecular formula is C18H28N4O. The average Bonchev–Trinajstić information content (AvgIpc) is 2.99. The van der Waals surface area contributed by atoms with Gasteiger partial charge in [0.25, 0.3) is 0 Å². The number of aryl methyl sites for hydroxylation is 2. The van der Waals surface area contributed by atoms with Crippen LogP contribution in [0.1, 0.15) is 50.1 Å². The average molecular weight is 316 g/mol. The van der Waals surface area contributed by atoms with Gasteiger partial charge >= 0.3 is 0 Å². The molecule has 2 aromatic rings. The van der Waals surface area contributed by atoms with Gasteiger partial charge in [-0.15, -0.1) is 5.10 Å². The zero-order valence-corrected chi connectivity index (χ0v) is 14.3. The maximum Gasteiger partial charge on any atom is 0.119 e. The van der Waals surface area contributed by atoms with Crippen LogP contribution >= 0.6 is 0 Å². The lowest BCUT2D eigenvalue weighted by Gasteiger charge is -2.09. The van der Waals surface area contributed by atoms with E-state index in [4.69, 9.17) is 10.5 Å². The molecule has 5 heteroatoms. The van der Waals surface area contributed by atoms with E-state index in [-0.39, 0.29) is 0 Å². The molecule has 23 heavy (non-hydrogen) atoms. The van der Waals surface area contributed by atoms with Gasteiger partial charge in [0, 0.05) is 19.5 Å². The highest BCUT2D eigenvalue weighted by molar-refractivity contribution is 5.27. The van der Waals surface area contributed by atoms with E-state index in [2.05, 4.69) is 36.3 Å². The van der Waals surface area contributed by atoms with Crippen LogP contribution in [0.4, 0.5) is 0 Å². The van der Waals surface area contributed by atoms with Gasteiger partial charge in [-0.05, 0) is 37.0 Å². The second-order valence-corrected chi connectivity index (χ2v) is 5.71. The van der Waals surface area contributed by atoms with Crippen molar-refractivity contribution in [3.63, 3.8) is 0 Å². The number of benzene rings is 1. The van der Waals surface area contributed by atoms with E-state index in [1.165, 1.54) is 11.3 Å². The minimum Gasteiger partial charge on any atom is -0.494 e. The summed E-state index contributed by atoms with van der Waals surface area (Å²) in [5.74, 6) is 0.926. The van der Waals surface area contributed by atoms with Crippen LogP contribution in [0.5, 0.6) is 5.75 Å². The summed E-state index contributed by atoms with van der Waals surface area (Å²) in [7, 11) is 0. The summed E-state index contributed by atoms with van der Waals surface area (Å²) < 4.78 is 7.78. The van der Waals surface area contributed by atoms with Crippen LogP contribution in [0, 0.1) is 0 Å². The summed E-state index contributed by atoms with van der Waals surface area (Å²) in [4.78, 5) is 0. The van der Waals surface area contributed by atoms with Crippen LogP contribution < -0.4 is 10.5 Å². The van der Waals surface area contributed by atoms with Gasteiger partial charge in [-0.3, -0.25) is 0 Å². The van der Waals surface area contributed by atoms with Crippen molar-refractivity contribution >= 4 is 0 Å². The third kappa shape index (κ3) is 5.06. The van der Waals surface area contributed by atoms with Crippen LogP contribution in [-0.4, -0.2) is 21.6 Å². The molecule has 0 spiro atoms. The zero-order valence-electron chi connectivity index (χ0n) is 14.3. The molecule has 0 bridgehead atoms. The number of hydrogen-bond acceptors (Lipinski definition) is 4. The lowest BCUT2D eigenvalue weighted by atomic mass is 10.1. The molecule has 0 saturated heterocycles. The molecule has 5 nitrogen and oxygen atoms in total. The molecule has 0 atom stereocenters. The lowest BCUT2D eigenvalue weighted by molar-refractivity contribution is 0.296. The zero-order chi connectivity index (χ0) is 16.5. The predicted molar refractivity (Wildman–Crippen MR) is 92.5 cm³/mol. The van der Waals surface area contributed by atoms with E-state index in [1.54, 1.807) is 0 Å². The van der Waals surface area contributed by atoms with Crippen LogP contribution in [-0.2, 0) is 25.9 Å². The Labute approximate surface area is 138 Å². The van der Waals surface area contributed by atoms with Crippen LogP contribution in [0.25, 0.3) is 0 Å². The molecule has 1 aromatic heterocycles. The fourth-order valence-electron chi connectivity index (χ4n) is 2.55. The molecule has 0 radical (unpaired) electrons. The molecule has 0 fully saturated rings. The van der Waals surface area contributed by atoms with E-state index < -0.39 is 0 Å². The Hall–Kier alpha value is -1.88. The molecular weight excluding hydrogens is 288 g/mol. The van der Waals surface area contributed by atoms with Crippen molar-refractivity contribution in [3.8, 4) is 5.75 Å². The summed E-state index contributed by atoms with van der Waals surface area (Å²) in [5.41, 5.74) is 9.19. The van der Waals surface area contributed by atoms with Crippen molar-refractivity contribution in [2.24, 2.45) is 5.73 Å². The highest BCUT2D eigenvalue weighted by Crippen LogP contribution is 2.13. The Morgan fingerprint density at radius 2 is 1.91 bits per heavy atom. The second-order valence-electron chi connectivity index (χ2n) is 5.71. The SMILES string of the molecule is CCCCc1c(CN)nnn1CCCOc1ccc(CC)cc1. The fourth-order valence-corrected chi connectivity index (χ4v) is 2.55.